The van der Waals surface area contributed by atoms with Crippen LogP contribution in [0.3, 0.4) is 0 Å². The highest BCUT2D eigenvalue weighted by molar-refractivity contribution is 5.79. The number of carbonyl (C=O) groups is 1. The third-order valence-electron chi connectivity index (χ3n) is 5.30. The maximum Gasteiger partial charge on any atom is 0.224 e. The highest BCUT2D eigenvalue weighted by Crippen LogP contribution is 2.30. The predicted molar refractivity (Wildman–Crippen MR) is 92.2 cm³/mol. The van der Waals surface area contributed by atoms with Crippen LogP contribution in [0.15, 0.2) is 24.5 Å². The molecule has 1 aromatic rings. The van der Waals surface area contributed by atoms with Crippen molar-refractivity contribution in [3.8, 4) is 0 Å². The second kappa shape index (κ2) is 7.91. The van der Waals surface area contributed by atoms with Gasteiger partial charge in [-0.1, -0.05) is 25.7 Å². The molecule has 3 rings (SSSR count). The molecule has 1 aliphatic heterocycles. The molecule has 1 N–H and O–H groups in total. The van der Waals surface area contributed by atoms with E-state index >= 15 is 0 Å². The van der Waals surface area contributed by atoms with Crippen LogP contribution in [0.4, 0.5) is 0 Å². The molecule has 2 heterocycles. The third-order valence-corrected chi connectivity index (χ3v) is 5.30. The van der Waals surface area contributed by atoms with Crippen molar-refractivity contribution in [2.45, 2.75) is 63.3 Å². The van der Waals surface area contributed by atoms with Crippen LogP contribution in [0, 0.1) is 0 Å². The molecule has 23 heavy (non-hydrogen) atoms. The maximum atomic E-state index is 12.6. The lowest BCUT2D eigenvalue weighted by Crippen LogP contribution is -2.57. The standard InChI is InChI=1S/C19H29N3O/c23-18(15-17-7-11-20-12-8-17)21-19(9-3-1-4-10-19)16-22-13-5-2-6-14-22/h7-8,11-12H,1-6,9-10,13-16H2,(H,21,23). The van der Waals surface area contributed by atoms with Gasteiger partial charge in [0.15, 0.2) is 0 Å². The Morgan fingerprint density at radius 1 is 1.04 bits per heavy atom. The minimum atomic E-state index is -0.000294. The summed E-state index contributed by atoms with van der Waals surface area (Å²) in [5, 5.41) is 3.43. The Morgan fingerprint density at radius 2 is 1.70 bits per heavy atom. The first kappa shape index (κ1) is 16.4. The van der Waals surface area contributed by atoms with Crippen LogP contribution >= 0.6 is 0 Å². The number of aromatic nitrogens is 1. The first-order chi connectivity index (χ1) is 11.3. The molecular formula is C19H29N3O. The molecule has 0 unspecified atom stereocenters. The van der Waals surface area contributed by atoms with Crippen molar-refractivity contribution in [3.05, 3.63) is 30.1 Å². The van der Waals surface area contributed by atoms with Crippen LogP contribution < -0.4 is 5.32 Å². The molecule has 4 heteroatoms. The average Bonchev–Trinajstić information content (AvgIpc) is 2.57. The molecule has 0 atom stereocenters. The molecule has 1 saturated carbocycles. The van der Waals surface area contributed by atoms with E-state index in [4.69, 9.17) is 0 Å². The van der Waals surface area contributed by atoms with Gasteiger partial charge in [-0.15, -0.1) is 0 Å². The van der Waals surface area contributed by atoms with E-state index < -0.39 is 0 Å². The fourth-order valence-electron chi connectivity index (χ4n) is 4.12. The van der Waals surface area contributed by atoms with Gasteiger partial charge in [-0.25, -0.2) is 0 Å². The summed E-state index contributed by atoms with van der Waals surface area (Å²) < 4.78 is 0. The summed E-state index contributed by atoms with van der Waals surface area (Å²) in [6.07, 6.45) is 14.0. The average molecular weight is 315 g/mol. The lowest BCUT2D eigenvalue weighted by atomic mass is 9.80. The molecule has 4 nitrogen and oxygen atoms in total. The Kier molecular flexibility index (Phi) is 5.65. The van der Waals surface area contributed by atoms with Crippen molar-refractivity contribution in [1.29, 1.82) is 0 Å². The van der Waals surface area contributed by atoms with Crippen molar-refractivity contribution < 1.29 is 4.79 Å². The molecule has 2 fully saturated rings. The van der Waals surface area contributed by atoms with E-state index in [-0.39, 0.29) is 11.4 Å². The Bertz CT molecular complexity index is 491. The summed E-state index contributed by atoms with van der Waals surface area (Å²) in [7, 11) is 0. The molecule has 1 aromatic heterocycles. The zero-order chi connectivity index (χ0) is 16.0. The monoisotopic (exact) mass is 315 g/mol. The fourth-order valence-corrected chi connectivity index (χ4v) is 4.12. The Labute approximate surface area is 139 Å². The number of piperidine rings is 1. The highest BCUT2D eigenvalue weighted by Gasteiger charge is 2.35. The quantitative estimate of drug-likeness (QED) is 0.908. The first-order valence-corrected chi connectivity index (χ1v) is 9.18. The van der Waals surface area contributed by atoms with Gasteiger partial charge in [0.05, 0.1) is 12.0 Å². The van der Waals surface area contributed by atoms with Gasteiger partial charge in [0.1, 0.15) is 0 Å². The fraction of sp³-hybridized carbons (Fsp3) is 0.684. The molecule has 1 saturated heterocycles. The predicted octanol–water partition coefficient (Wildman–Crippen LogP) is 2.93. The van der Waals surface area contributed by atoms with Crippen LogP contribution in [0.1, 0.15) is 56.9 Å². The number of carbonyl (C=O) groups excluding carboxylic acids is 1. The van der Waals surface area contributed by atoms with Gasteiger partial charge in [0, 0.05) is 18.9 Å². The summed E-state index contributed by atoms with van der Waals surface area (Å²) in [6, 6.07) is 3.86. The Hall–Kier alpha value is -1.42. The maximum absolute atomic E-state index is 12.6. The van der Waals surface area contributed by atoms with Gasteiger partial charge >= 0.3 is 0 Å². The highest BCUT2D eigenvalue weighted by atomic mass is 16.1. The molecule has 0 radical (unpaired) electrons. The van der Waals surface area contributed by atoms with Gasteiger partial charge in [-0.05, 0) is 56.5 Å². The topological polar surface area (TPSA) is 45.2 Å². The van der Waals surface area contributed by atoms with Gasteiger partial charge < -0.3 is 10.2 Å². The van der Waals surface area contributed by atoms with E-state index in [1.54, 1.807) is 12.4 Å². The van der Waals surface area contributed by atoms with Crippen LogP contribution in [0.2, 0.25) is 0 Å². The lowest BCUT2D eigenvalue weighted by Gasteiger charge is -2.43. The minimum Gasteiger partial charge on any atom is -0.349 e. The smallest absolute Gasteiger partial charge is 0.224 e. The van der Waals surface area contributed by atoms with Gasteiger partial charge in [-0.3, -0.25) is 9.78 Å². The summed E-state index contributed by atoms with van der Waals surface area (Å²) >= 11 is 0. The van der Waals surface area contributed by atoms with Crippen molar-refractivity contribution in [1.82, 2.24) is 15.2 Å². The molecule has 1 amide bonds. The second-order valence-corrected chi connectivity index (χ2v) is 7.26. The van der Waals surface area contributed by atoms with Gasteiger partial charge in [0.2, 0.25) is 5.91 Å². The number of hydrogen-bond donors (Lipinski definition) is 1. The van der Waals surface area contributed by atoms with E-state index in [9.17, 15) is 4.79 Å². The zero-order valence-electron chi connectivity index (χ0n) is 14.1. The summed E-state index contributed by atoms with van der Waals surface area (Å²) in [4.78, 5) is 19.2. The van der Waals surface area contributed by atoms with Crippen molar-refractivity contribution in [2.75, 3.05) is 19.6 Å². The number of rotatable bonds is 5. The number of nitrogens with zero attached hydrogens (tertiary/aromatic N) is 2. The molecule has 0 bridgehead atoms. The van der Waals surface area contributed by atoms with Crippen LogP contribution in [0.5, 0.6) is 0 Å². The number of pyridine rings is 1. The van der Waals surface area contributed by atoms with E-state index in [1.807, 2.05) is 12.1 Å². The van der Waals surface area contributed by atoms with E-state index in [2.05, 4.69) is 15.2 Å². The molecule has 0 aromatic carbocycles. The Balaban J connectivity index is 1.62. The first-order valence-electron chi connectivity index (χ1n) is 9.18. The molecule has 126 valence electrons. The van der Waals surface area contributed by atoms with Gasteiger partial charge in [0.25, 0.3) is 0 Å². The molecule has 2 aliphatic rings. The van der Waals surface area contributed by atoms with E-state index in [1.165, 1.54) is 51.6 Å². The zero-order valence-corrected chi connectivity index (χ0v) is 14.1. The largest absolute Gasteiger partial charge is 0.349 e. The number of likely N-dealkylation sites (tertiary alicyclic amines) is 1. The summed E-state index contributed by atoms with van der Waals surface area (Å²) in [5.41, 5.74) is 1.04. The second-order valence-electron chi connectivity index (χ2n) is 7.26. The van der Waals surface area contributed by atoms with Crippen LogP contribution in [-0.4, -0.2) is 41.0 Å². The molecule has 1 aliphatic carbocycles. The normalized spacial score (nSPS) is 21.7. The SMILES string of the molecule is O=C(Cc1ccncc1)NC1(CN2CCCCC2)CCCCC1. The molecule has 0 spiro atoms. The van der Waals surface area contributed by atoms with Crippen molar-refractivity contribution in [2.24, 2.45) is 0 Å². The third kappa shape index (κ3) is 4.77. The number of nitrogens with one attached hydrogen (secondary N) is 1. The van der Waals surface area contributed by atoms with Crippen LogP contribution in [-0.2, 0) is 11.2 Å². The number of amides is 1. The van der Waals surface area contributed by atoms with Crippen molar-refractivity contribution in [3.63, 3.8) is 0 Å². The molecular weight excluding hydrogens is 286 g/mol. The number of hydrogen-bond acceptors (Lipinski definition) is 3. The van der Waals surface area contributed by atoms with E-state index in [0.29, 0.717) is 6.42 Å². The Morgan fingerprint density at radius 3 is 2.39 bits per heavy atom. The van der Waals surface area contributed by atoms with Gasteiger partial charge in [-0.2, -0.15) is 0 Å². The summed E-state index contributed by atoms with van der Waals surface area (Å²) in [5.74, 6) is 0.162. The lowest BCUT2D eigenvalue weighted by molar-refractivity contribution is -0.123. The minimum absolute atomic E-state index is 0.000294. The van der Waals surface area contributed by atoms with Crippen LogP contribution in [0.25, 0.3) is 0 Å². The van der Waals surface area contributed by atoms with Crippen molar-refractivity contribution >= 4 is 5.91 Å². The summed E-state index contributed by atoms with van der Waals surface area (Å²) in [6.45, 7) is 3.43. The van der Waals surface area contributed by atoms with E-state index in [0.717, 1.165) is 24.9 Å².